The maximum absolute atomic E-state index is 10.2. The van der Waals surface area contributed by atoms with Crippen molar-refractivity contribution in [2.24, 2.45) is 4.99 Å². The van der Waals surface area contributed by atoms with Gasteiger partial charge in [-0.1, -0.05) is 56.5 Å². The van der Waals surface area contributed by atoms with E-state index in [2.05, 4.69) is 37.9 Å². The minimum atomic E-state index is 0.634. The third-order valence-electron chi connectivity index (χ3n) is 3.05. The molecule has 3 heteroatoms. The fraction of sp³-hybridized carbons (Fsp3) is 0.562. The van der Waals surface area contributed by atoms with Crippen LogP contribution in [0.1, 0.15) is 50.7 Å². The lowest BCUT2D eigenvalue weighted by molar-refractivity contribution is -0.0150. The molecule has 0 unspecified atom stereocenters. The minimum absolute atomic E-state index is 0.634. The number of nitrogens with zero attached hydrogens (tertiary/aromatic N) is 2. The number of amidine groups is 1. The first-order chi connectivity index (χ1) is 9.19. The quantitative estimate of drug-likeness (QED) is 0.348. The van der Waals surface area contributed by atoms with Gasteiger partial charge in [-0.15, -0.1) is 0 Å². The van der Waals surface area contributed by atoms with Gasteiger partial charge in [0.15, 0.2) is 5.84 Å². The Kier molecular flexibility index (Phi) is 7.19. The van der Waals surface area contributed by atoms with E-state index in [-0.39, 0.29) is 0 Å². The molecule has 3 nitrogen and oxygen atoms in total. The van der Waals surface area contributed by atoms with Gasteiger partial charge >= 0.3 is 0 Å². The van der Waals surface area contributed by atoms with Crippen molar-refractivity contribution >= 4 is 5.84 Å². The van der Waals surface area contributed by atoms with Crippen LogP contribution in [-0.4, -0.2) is 29.2 Å². The molecule has 0 fully saturated rings. The average Bonchev–Trinajstić information content (AvgIpc) is 2.42. The first kappa shape index (κ1) is 15.7. The van der Waals surface area contributed by atoms with Crippen LogP contribution in [0.4, 0.5) is 0 Å². The van der Waals surface area contributed by atoms with Gasteiger partial charge in [0.25, 0.3) is 0 Å². The van der Waals surface area contributed by atoms with Crippen molar-refractivity contribution in [2.45, 2.75) is 46.5 Å². The molecule has 0 atom stereocenters. The second-order valence-corrected chi connectivity index (χ2v) is 4.90. The summed E-state index contributed by atoms with van der Waals surface area (Å²) in [6.07, 6.45) is 4.20. The van der Waals surface area contributed by atoms with E-state index >= 15 is 0 Å². The van der Waals surface area contributed by atoms with Gasteiger partial charge in [-0.2, -0.15) is 0 Å². The predicted octanol–water partition coefficient (Wildman–Crippen LogP) is 4.03. The summed E-state index contributed by atoms with van der Waals surface area (Å²) in [5.74, 6) is 0.696. The summed E-state index contributed by atoms with van der Waals surface area (Å²) in [4.78, 5) is 4.56. The summed E-state index contributed by atoms with van der Waals surface area (Å²) in [7, 11) is 0. The smallest absolute Gasteiger partial charge is 0.154 e. The third kappa shape index (κ3) is 5.43. The number of unbranched alkanes of at least 4 members (excludes halogenated alkanes) is 2. The Morgan fingerprint density at radius 3 is 2.32 bits per heavy atom. The van der Waals surface area contributed by atoms with Gasteiger partial charge in [0, 0.05) is 18.7 Å². The van der Waals surface area contributed by atoms with Crippen molar-refractivity contribution in [2.75, 3.05) is 13.1 Å². The summed E-state index contributed by atoms with van der Waals surface area (Å²) in [6, 6.07) is 8.15. The maximum atomic E-state index is 10.2. The molecule has 0 heterocycles. The number of benzene rings is 1. The lowest BCUT2D eigenvalue weighted by Crippen LogP contribution is -2.29. The summed E-state index contributed by atoms with van der Waals surface area (Å²) < 4.78 is 0. The predicted molar refractivity (Wildman–Crippen MR) is 80.9 cm³/mol. The van der Waals surface area contributed by atoms with Crippen molar-refractivity contribution in [3.05, 3.63) is 35.4 Å². The monoisotopic (exact) mass is 262 g/mol. The number of hydrogen-bond donors (Lipinski definition) is 1. The van der Waals surface area contributed by atoms with E-state index in [1.807, 2.05) is 12.1 Å². The molecular formula is C16H26N2O. The Balaban J connectivity index is 2.84. The van der Waals surface area contributed by atoms with Crippen LogP contribution in [0.5, 0.6) is 0 Å². The molecule has 0 aromatic heterocycles. The van der Waals surface area contributed by atoms with E-state index in [9.17, 15) is 5.21 Å². The Morgan fingerprint density at radius 1 is 1.11 bits per heavy atom. The van der Waals surface area contributed by atoms with Crippen LogP contribution in [0.3, 0.4) is 0 Å². The Morgan fingerprint density at radius 2 is 1.74 bits per heavy atom. The molecular weight excluding hydrogens is 236 g/mol. The molecule has 0 aliphatic heterocycles. The Bertz CT molecular complexity index is 384. The van der Waals surface area contributed by atoms with Crippen LogP contribution in [0, 0.1) is 6.92 Å². The number of aliphatic imine (C=N–C) groups is 1. The fourth-order valence-electron chi connectivity index (χ4n) is 1.78. The van der Waals surface area contributed by atoms with Gasteiger partial charge in [0.05, 0.1) is 0 Å². The molecule has 0 amide bonds. The van der Waals surface area contributed by atoms with Crippen molar-refractivity contribution in [1.29, 1.82) is 0 Å². The highest BCUT2D eigenvalue weighted by atomic mass is 16.5. The molecule has 0 saturated heterocycles. The van der Waals surface area contributed by atoms with Gasteiger partial charge in [-0.3, -0.25) is 10.2 Å². The highest BCUT2D eigenvalue weighted by Gasteiger charge is 2.10. The third-order valence-corrected chi connectivity index (χ3v) is 3.05. The molecule has 1 aromatic rings. The number of rotatable bonds is 7. The molecule has 19 heavy (non-hydrogen) atoms. The Labute approximate surface area is 116 Å². The van der Waals surface area contributed by atoms with Gasteiger partial charge in [0.2, 0.25) is 0 Å². The standard InChI is InChI=1S/C16H26N2O/c1-4-6-12-17-16(18(19)13-7-5-2)15-10-8-14(3)9-11-15/h8-11,19H,4-7,12-13H2,1-3H3. The van der Waals surface area contributed by atoms with Crippen LogP contribution in [0.15, 0.2) is 29.3 Å². The van der Waals surface area contributed by atoms with Crippen LogP contribution in [0.2, 0.25) is 0 Å². The molecule has 1 N–H and O–H groups in total. The van der Waals surface area contributed by atoms with E-state index in [1.165, 1.54) is 10.6 Å². The van der Waals surface area contributed by atoms with Crippen molar-refractivity contribution in [3.63, 3.8) is 0 Å². The van der Waals surface area contributed by atoms with Gasteiger partial charge in [-0.25, -0.2) is 5.06 Å². The first-order valence-electron chi connectivity index (χ1n) is 7.27. The van der Waals surface area contributed by atoms with Crippen LogP contribution < -0.4 is 0 Å². The fourth-order valence-corrected chi connectivity index (χ4v) is 1.78. The van der Waals surface area contributed by atoms with E-state index in [4.69, 9.17) is 0 Å². The summed E-state index contributed by atoms with van der Waals surface area (Å²) >= 11 is 0. The number of hydrogen-bond acceptors (Lipinski definition) is 2. The van der Waals surface area contributed by atoms with Crippen molar-refractivity contribution in [1.82, 2.24) is 5.06 Å². The van der Waals surface area contributed by atoms with E-state index in [0.717, 1.165) is 37.8 Å². The summed E-state index contributed by atoms with van der Waals surface area (Å²) in [5.41, 5.74) is 2.20. The van der Waals surface area contributed by atoms with E-state index in [1.54, 1.807) is 0 Å². The number of hydroxylamine groups is 2. The second kappa shape index (κ2) is 8.70. The van der Waals surface area contributed by atoms with Crippen molar-refractivity contribution in [3.8, 4) is 0 Å². The zero-order valence-corrected chi connectivity index (χ0v) is 12.4. The lowest BCUT2D eigenvalue weighted by atomic mass is 10.1. The first-order valence-corrected chi connectivity index (χ1v) is 7.27. The maximum Gasteiger partial charge on any atom is 0.154 e. The molecule has 0 aliphatic rings. The molecule has 0 radical (unpaired) electrons. The number of aryl methyl sites for hydroxylation is 1. The zero-order chi connectivity index (χ0) is 14.1. The largest absolute Gasteiger partial charge is 0.287 e. The zero-order valence-electron chi connectivity index (χ0n) is 12.4. The summed E-state index contributed by atoms with van der Waals surface area (Å²) in [6.45, 7) is 7.73. The Hall–Kier alpha value is -1.35. The SMILES string of the molecule is CCCCN=C(c1ccc(C)cc1)N(O)CCCC. The molecule has 0 spiro atoms. The average molecular weight is 262 g/mol. The summed E-state index contributed by atoms with van der Waals surface area (Å²) in [5, 5.41) is 11.5. The molecule has 0 saturated carbocycles. The normalized spacial score (nSPS) is 11.7. The van der Waals surface area contributed by atoms with Gasteiger partial charge in [-0.05, 0) is 19.8 Å². The van der Waals surface area contributed by atoms with Crippen LogP contribution in [0.25, 0.3) is 0 Å². The van der Waals surface area contributed by atoms with E-state index < -0.39 is 0 Å². The molecule has 1 rings (SSSR count). The van der Waals surface area contributed by atoms with Gasteiger partial charge < -0.3 is 0 Å². The molecule has 106 valence electrons. The second-order valence-electron chi connectivity index (χ2n) is 4.90. The van der Waals surface area contributed by atoms with Crippen LogP contribution >= 0.6 is 0 Å². The highest BCUT2D eigenvalue weighted by Crippen LogP contribution is 2.09. The lowest BCUT2D eigenvalue weighted by Gasteiger charge is -2.19. The van der Waals surface area contributed by atoms with Crippen LogP contribution in [-0.2, 0) is 0 Å². The molecule has 1 aromatic carbocycles. The van der Waals surface area contributed by atoms with Gasteiger partial charge in [0.1, 0.15) is 0 Å². The minimum Gasteiger partial charge on any atom is -0.287 e. The molecule has 0 bridgehead atoms. The topological polar surface area (TPSA) is 35.8 Å². The van der Waals surface area contributed by atoms with E-state index in [0.29, 0.717) is 12.4 Å². The van der Waals surface area contributed by atoms with Crippen molar-refractivity contribution < 1.29 is 5.21 Å². The highest BCUT2D eigenvalue weighted by molar-refractivity contribution is 5.98. The molecule has 0 aliphatic carbocycles.